The molecule has 1 aliphatic rings. The molecule has 1 aromatic carbocycles. The Balaban J connectivity index is 2.01. The van der Waals surface area contributed by atoms with Crippen molar-refractivity contribution < 1.29 is 28.9 Å². The number of nitrogens with one attached hydrogen (secondary N) is 1. The van der Waals surface area contributed by atoms with E-state index in [-0.39, 0.29) is 18.4 Å². The van der Waals surface area contributed by atoms with E-state index in [9.17, 15) is 14.7 Å². The van der Waals surface area contributed by atoms with Crippen molar-refractivity contribution in [3.8, 4) is 11.5 Å². The highest BCUT2D eigenvalue weighted by molar-refractivity contribution is 5.95. The molecule has 1 amide bonds. The summed E-state index contributed by atoms with van der Waals surface area (Å²) in [4.78, 5) is 24.0. The second kappa shape index (κ2) is 9.82. The summed E-state index contributed by atoms with van der Waals surface area (Å²) in [5, 5.41) is 12.2. The Kier molecular flexibility index (Phi) is 7.47. The Morgan fingerprint density at radius 1 is 1.38 bits per heavy atom. The quantitative estimate of drug-likeness (QED) is 0.653. The normalized spacial score (nSPS) is 15.7. The monoisotopic (exact) mass is 363 g/mol. The summed E-state index contributed by atoms with van der Waals surface area (Å²) in [6.07, 6.45) is 2.99. The standard InChI is InChI=1S/C19H25NO6/c1-3-8-26-16-5-4-14(11-17(16)24-2)18(21)20-12-15(19(22)23)13-6-9-25-10-7-13/h3-5,11,13,15H,1,6-10,12H2,2H3,(H,20,21)(H,22,23). The summed E-state index contributed by atoms with van der Waals surface area (Å²) < 4.78 is 16.0. The van der Waals surface area contributed by atoms with Crippen molar-refractivity contribution in [2.45, 2.75) is 12.8 Å². The van der Waals surface area contributed by atoms with Gasteiger partial charge in [0.05, 0.1) is 13.0 Å². The number of carboxylic acids is 1. The highest BCUT2D eigenvalue weighted by atomic mass is 16.5. The van der Waals surface area contributed by atoms with Crippen LogP contribution in [0.2, 0.25) is 0 Å². The molecule has 1 heterocycles. The number of aliphatic carboxylic acids is 1. The van der Waals surface area contributed by atoms with Crippen molar-refractivity contribution in [2.75, 3.05) is 33.5 Å². The molecule has 1 aliphatic heterocycles. The molecule has 7 heteroatoms. The molecule has 1 unspecified atom stereocenters. The van der Waals surface area contributed by atoms with E-state index >= 15 is 0 Å². The van der Waals surface area contributed by atoms with Crippen LogP contribution in [-0.4, -0.2) is 50.5 Å². The van der Waals surface area contributed by atoms with E-state index in [1.807, 2.05) is 0 Å². The second-order valence-electron chi connectivity index (χ2n) is 6.07. The van der Waals surface area contributed by atoms with E-state index in [0.717, 1.165) is 0 Å². The number of carbonyl (C=O) groups excluding carboxylic acids is 1. The van der Waals surface area contributed by atoms with Gasteiger partial charge in [0.15, 0.2) is 11.5 Å². The molecule has 0 saturated carbocycles. The smallest absolute Gasteiger partial charge is 0.308 e. The maximum Gasteiger partial charge on any atom is 0.308 e. The minimum absolute atomic E-state index is 0.00534. The number of hydrogen-bond donors (Lipinski definition) is 2. The maximum absolute atomic E-state index is 12.4. The van der Waals surface area contributed by atoms with Gasteiger partial charge in [-0.3, -0.25) is 9.59 Å². The first-order chi connectivity index (χ1) is 12.6. The van der Waals surface area contributed by atoms with Gasteiger partial charge in [0.25, 0.3) is 5.91 Å². The van der Waals surface area contributed by atoms with Gasteiger partial charge in [-0.25, -0.2) is 0 Å². The summed E-state index contributed by atoms with van der Waals surface area (Å²) in [5.41, 5.74) is 0.379. The van der Waals surface area contributed by atoms with Gasteiger partial charge in [-0.1, -0.05) is 12.7 Å². The third-order valence-electron chi connectivity index (χ3n) is 4.42. The van der Waals surface area contributed by atoms with Gasteiger partial charge in [-0.2, -0.15) is 0 Å². The maximum atomic E-state index is 12.4. The molecule has 0 aliphatic carbocycles. The molecule has 1 aromatic rings. The van der Waals surface area contributed by atoms with Crippen molar-refractivity contribution in [3.05, 3.63) is 36.4 Å². The van der Waals surface area contributed by atoms with Crippen LogP contribution in [0.25, 0.3) is 0 Å². The predicted molar refractivity (Wildman–Crippen MR) is 95.7 cm³/mol. The van der Waals surface area contributed by atoms with Gasteiger partial charge in [-0.05, 0) is 37.0 Å². The molecule has 0 bridgehead atoms. The zero-order valence-electron chi connectivity index (χ0n) is 14.9. The van der Waals surface area contributed by atoms with Gasteiger partial charge in [-0.15, -0.1) is 0 Å². The van der Waals surface area contributed by atoms with Gasteiger partial charge in [0, 0.05) is 25.3 Å². The first-order valence-electron chi connectivity index (χ1n) is 8.57. The number of methoxy groups -OCH3 is 1. The fraction of sp³-hybridized carbons (Fsp3) is 0.474. The molecule has 1 fully saturated rings. The van der Waals surface area contributed by atoms with E-state index in [1.54, 1.807) is 24.3 Å². The minimum Gasteiger partial charge on any atom is -0.493 e. The van der Waals surface area contributed by atoms with Crippen LogP contribution in [0.3, 0.4) is 0 Å². The minimum atomic E-state index is -0.900. The first kappa shape index (κ1) is 19.8. The molecule has 142 valence electrons. The predicted octanol–water partition coefficient (Wildman–Crippen LogP) is 2.12. The molecule has 2 rings (SSSR count). The summed E-state index contributed by atoms with van der Waals surface area (Å²) in [5.74, 6) is -0.932. The van der Waals surface area contributed by atoms with E-state index in [4.69, 9.17) is 14.2 Å². The number of benzene rings is 1. The molecule has 26 heavy (non-hydrogen) atoms. The number of carbonyl (C=O) groups is 2. The summed E-state index contributed by atoms with van der Waals surface area (Å²) in [7, 11) is 1.49. The van der Waals surface area contributed by atoms with Crippen LogP contribution < -0.4 is 14.8 Å². The highest BCUT2D eigenvalue weighted by Crippen LogP contribution is 2.28. The van der Waals surface area contributed by atoms with Crippen molar-refractivity contribution in [3.63, 3.8) is 0 Å². The first-order valence-corrected chi connectivity index (χ1v) is 8.57. The Hall–Kier alpha value is -2.54. The highest BCUT2D eigenvalue weighted by Gasteiger charge is 2.30. The van der Waals surface area contributed by atoms with E-state index in [0.29, 0.717) is 49.7 Å². The SMILES string of the molecule is C=CCOc1ccc(C(=O)NCC(C(=O)O)C2CCOCC2)cc1OC. The van der Waals surface area contributed by atoms with Gasteiger partial charge < -0.3 is 24.6 Å². The fourth-order valence-electron chi connectivity index (χ4n) is 2.96. The van der Waals surface area contributed by atoms with Gasteiger partial charge in [0.1, 0.15) is 6.61 Å². The van der Waals surface area contributed by atoms with Crippen LogP contribution in [0.4, 0.5) is 0 Å². The van der Waals surface area contributed by atoms with Crippen LogP contribution in [0, 0.1) is 11.8 Å². The number of ether oxygens (including phenoxy) is 3. The topological polar surface area (TPSA) is 94.1 Å². The molecule has 7 nitrogen and oxygen atoms in total. The summed E-state index contributed by atoms with van der Waals surface area (Å²) in [6, 6.07) is 4.82. The average Bonchev–Trinajstić information content (AvgIpc) is 2.66. The second-order valence-corrected chi connectivity index (χ2v) is 6.07. The van der Waals surface area contributed by atoms with Crippen molar-refractivity contribution in [2.24, 2.45) is 11.8 Å². The van der Waals surface area contributed by atoms with Crippen LogP contribution in [0.5, 0.6) is 11.5 Å². The lowest BCUT2D eigenvalue weighted by atomic mass is 9.86. The zero-order valence-corrected chi connectivity index (χ0v) is 14.9. The summed E-state index contributed by atoms with van der Waals surface area (Å²) >= 11 is 0. The Bertz CT molecular complexity index is 639. The van der Waals surface area contributed by atoms with Gasteiger partial charge >= 0.3 is 5.97 Å². The number of amides is 1. The lowest BCUT2D eigenvalue weighted by molar-refractivity contribution is -0.144. The number of carboxylic acid groups (broad SMARTS) is 1. The molecular formula is C19H25NO6. The molecule has 0 radical (unpaired) electrons. The molecular weight excluding hydrogens is 338 g/mol. The number of hydrogen-bond acceptors (Lipinski definition) is 5. The van der Waals surface area contributed by atoms with Crippen molar-refractivity contribution in [1.29, 1.82) is 0 Å². The van der Waals surface area contributed by atoms with Gasteiger partial charge in [0.2, 0.25) is 0 Å². The Morgan fingerprint density at radius 2 is 2.12 bits per heavy atom. The van der Waals surface area contributed by atoms with Crippen LogP contribution in [0.15, 0.2) is 30.9 Å². The van der Waals surface area contributed by atoms with E-state index < -0.39 is 11.9 Å². The molecule has 1 saturated heterocycles. The fourth-order valence-corrected chi connectivity index (χ4v) is 2.96. The lowest BCUT2D eigenvalue weighted by Gasteiger charge is -2.27. The molecule has 0 aromatic heterocycles. The van der Waals surface area contributed by atoms with E-state index in [1.165, 1.54) is 7.11 Å². The average molecular weight is 363 g/mol. The molecule has 0 spiro atoms. The third kappa shape index (κ3) is 5.23. The lowest BCUT2D eigenvalue weighted by Crippen LogP contribution is -2.39. The van der Waals surface area contributed by atoms with Crippen LogP contribution >= 0.6 is 0 Å². The van der Waals surface area contributed by atoms with E-state index in [2.05, 4.69) is 11.9 Å². The molecule has 1 atom stereocenters. The number of rotatable bonds is 9. The third-order valence-corrected chi connectivity index (χ3v) is 4.42. The largest absolute Gasteiger partial charge is 0.493 e. The summed E-state index contributed by atoms with van der Waals surface area (Å²) in [6.45, 7) is 5.11. The van der Waals surface area contributed by atoms with Crippen LogP contribution in [0.1, 0.15) is 23.2 Å². The zero-order chi connectivity index (χ0) is 18.9. The molecule has 2 N–H and O–H groups in total. The van der Waals surface area contributed by atoms with Crippen LogP contribution in [-0.2, 0) is 9.53 Å². The van der Waals surface area contributed by atoms with Crippen molar-refractivity contribution >= 4 is 11.9 Å². The Morgan fingerprint density at radius 3 is 2.73 bits per heavy atom. The Labute approximate surface area is 152 Å². The van der Waals surface area contributed by atoms with Crippen molar-refractivity contribution in [1.82, 2.24) is 5.32 Å².